The second-order valence-electron chi connectivity index (χ2n) is 5.27. The van der Waals surface area contributed by atoms with E-state index in [-0.39, 0.29) is 18.1 Å². The van der Waals surface area contributed by atoms with Crippen molar-refractivity contribution in [2.75, 3.05) is 0 Å². The minimum Gasteiger partial charge on any atom is -0.406 e. The molecule has 0 aliphatic carbocycles. The van der Waals surface area contributed by atoms with E-state index in [1.54, 1.807) is 0 Å². The van der Waals surface area contributed by atoms with Crippen molar-refractivity contribution in [3.63, 3.8) is 0 Å². The van der Waals surface area contributed by atoms with Crippen LogP contribution in [-0.4, -0.2) is 6.36 Å². The molecule has 3 nitrogen and oxygen atoms in total. The van der Waals surface area contributed by atoms with Crippen molar-refractivity contribution in [3.05, 3.63) is 29.8 Å². The molecule has 0 unspecified atom stereocenters. The van der Waals surface area contributed by atoms with Crippen molar-refractivity contribution in [2.45, 2.75) is 33.1 Å². The molecule has 0 radical (unpaired) electrons. The lowest BCUT2D eigenvalue weighted by Crippen LogP contribution is -2.22. The van der Waals surface area contributed by atoms with Crippen LogP contribution in [0.1, 0.15) is 25.8 Å². The number of nitrogens with zero attached hydrogens (tertiary/aromatic N) is 2. The van der Waals surface area contributed by atoms with E-state index in [2.05, 4.69) is 4.74 Å². The Morgan fingerprint density at radius 2 is 1.62 bits per heavy atom. The minimum absolute atomic E-state index is 0.164. The molecule has 0 heterocycles. The maximum Gasteiger partial charge on any atom is 0.573 e. The molecule has 0 atom stereocenters. The van der Waals surface area contributed by atoms with Gasteiger partial charge in [-0.2, -0.15) is 10.5 Å². The van der Waals surface area contributed by atoms with Crippen molar-refractivity contribution >= 4 is 0 Å². The summed E-state index contributed by atoms with van der Waals surface area (Å²) in [5.41, 5.74) is -0.547. The zero-order chi connectivity index (χ0) is 16.1. The third kappa shape index (κ3) is 5.35. The number of hydrogen-bond acceptors (Lipinski definition) is 3. The Morgan fingerprint density at radius 1 is 1.10 bits per heavy atom. The van der Waals surface area contributed by atoms with E-state index >= 15 is 0 Å². The quantitative estimate of drug-likeness (QED) is 0.818. The van der Waals surface area contributed by atoms with Gasteiger partial charge in [-0.25, -0.2) is 0 Å². The molecule has 1 aromatic rings. The van der Waals surface area contributed by atoms with Crippen molar-refractivity contribution in [1.82, 2.24) is 0 Å². The summed E-state index contributed by atoms with van der Waals surface area (Å²) < 4.78 is 39.9. The lowest BCUT2D eigenvalue weighted by Gasteiger charge is -2.20. The van der Waals surface area contributed by atoms with Crippen molar-refractivity contribution in [1.29, 1.82) is 10.5 Å². The second kappa shape index (κ2) is 6.49. The van der Waals surface area contributed by atoms with Crippen molar-refractivity contribution < 1.29 is 17.9 Å². The highest BCUT2D eigenvalue weighted by molar-refractivity contribution is 5.30. The molecule has 1 rings (SSSR count). The van der Waals surface area contributed by atoms with Crippen LogP contribution in [0.4, 0.5) is 13.2 Å². The fourth-order valence-electron chi connectivity index (χ4n) is 2.12. The molecule has 0 aliphatic heterocycles. The van der Waals surface area contributed by atoms with Gasteiger partial charge in [-0.1, -0.05) is 26.0 Å². The predicted octanol–water partition coefficient (Wildman–Crippen LogP) is 4.21. The summed E-state index contributed by atoms with van der Waals surface area (Å²) in [6.07, 6.45) is -4.16. The first-order valence-corrected chi connectivity index (χ1v) is 6.37. The van der Waals surface area contributed by atoms with Gasteiger partial charge in [0, 0.05) is 6.42 Å². The van der Waals surface area contributed by atoms with Crippen LogP contribution in [-0.2, 0) is 6.42 Å². The Bertz CT molecular complexity index is 536. The fourth-order valence-corrected chi connectivity index (χ4v) is 2.12. The van der Waals surface area contributed by atoms with E-state index in [1.165, 1.54) is 24.3 Å². The molecule has 21 heavy (non-hydrogen) atoms. The first kappa shape index (κ1) is 16.8. The minimum atomic E-state index is -4.73. The van der Waals surface area contributed by atoms with E-state index in [4.69, 9.17) is 0 Å². The molecule has 6 heteroatoms. The Hall–Kier alpha value is -2.21. The van der Waals surface area contributed by atoms with Crippen LogP contribution in [0.15, 0.2) is 24.3 Å². The first-order chi connectivity index (χ1) is 9.69. The summed E-state index contributed by atoms with van der Waals surface area (Å²) in [4.78, 5) is 0. The van der Waals surface area contributed by atoms with Crippen LogP contribution in [0.25, 0.3) is 0 Å². The van der Waals surface area contributed by atoms with E-state index in [1.807, 2.05) is 26.0 Å². The van der Waals surface area contributed by atoms with Gasteiger partial charge in [-0.05, 0) is 30.0 Å². The van der Waals surface area contributed by atoms with Crippen LogP contribution in [0.2, 0.25) is 0 Å². The number of ether oxygens (including phenoxy) is 1. The maximum absolute atomic E-state index is 12.1. The zero-order valence-electron chi connectivity index (χ0n) is 11.7. The summed E-state index contributed by atoms with van der Waals surface area (Å²) in [5, 5.41) is 18.5. The SMILES string of the molecule is CC(C)CC(C#N)(C#N)Cc1ccc(OC(F)(F)F)cc1. The summed E-state index contributed by atoms with van der Waals surface area (Å²) in [6.45, 7) is 3.81. The molecule has 0 saturated carbocycles. The van der Waals surface area contributed by atoms with Crippen LogP contribution >= 0.6 is 0 Å². The number of halogens is 3. The molecule has 0 fully saturated rings. The second-order valence-corrected chi connectivity index (χ2v) is 5.27. The Morgan fingerprint density at radius 3 is 2.00 bits per heavy atom. The van der Waals surface area contributed by atoms with Gasteiger partial charge in [-0.3, -0.25) is 0 Å². The standard InChI is InChI=1S/C15H15F3N2O/c1-11(2)7-14(9-19,10-20)8-12-3-5-13(6-4-12)21-15(16,17)18/h3-6,11H,7-8H2,1-2H3. The van der Waals surface area contributed by atoms with Gasteiger partial charge >= 0.3 is 6.36 Å². The number of rotatable bonds is 5. The highest BCUT2D eigenvalue weighted by atomic mass is 19.4. The van der Waals surface area contributed by atoms with Crippen molar-refractivity contribution in [2.24, 2.45) is 11.3 Å². The fraction of sp³-hybridized carbons (Fsp3) is 0.467. The zero-order valence-corrected chi connectivity index (χ0v) is 11.7. The van der Waals surface area contributed by atoms with Gasteiger partial charge in [0.2, 0.25) is 0 Å². The van der Waals surface area contributed by atoms with Gasteiger partial charge in [0.25, 0.3) is 0 Å². The molecule has 0 aromatic heterocycles. The van der Waals surface area contributed by atoms with E-state index in [0.717, 1.165) is 0 Å². The molecule has 0 aliphatic rings. The third-order valence-electron chi connectivity index (χ3n) is 2.85. The monoisotopic (exact) mass is 296 g/mol. The Labute approximate surface area is 121 Å². The molecule has 0 saturated heterocycles. The summed E-state index contributed by atoms with van der Waals surface area (Å²) in [6, 6.07) is 9.28. The number of benzene rings is 1. The number of alkyl halides is 3. The van der Waals surface area contributed by atoms with E-state index in [0.29, 0.717) is 12.0 Å². The average molecular weight is 296 g/mol. The van der Waals surface area contributed by atoms with E-state index < -0.39 is 11.8 Å². The maximum atomic E-state index is 12.1. The van der Waals surface area contributed by atoms with Crippen LogP contribution in [0.5, 0.6) is 5.75 Å². The first-order valence-electron chi connectivity index (χ1n) is 6.37. The normalized spacial score (nSPS) is 11.8. The lowest BCUT2D eigenvalue weighted by atomic mass is 9.78. The van der Waals surface area contributed by atoms with Gasteiger partial charge in [-0.15, -0.1) is 13.2 Å². The molecule has 0 amide bonds. The molecule has 112 valence electrons. The Balaban J connectivity index is 2.88. The summed E-state index contributed by atoms with van der Waals surface area (Å²) in [7, 11) is 0. The smallest absolute Gasteiger partial charge is 0.406 e. The average Bonchev–Trinajstić information content (AvgIpc) is 2.38. The highest BCUT2D eigenvalue weighted by Crippen LogP contribution is 2.31. The topological polar surface area (TPSA) is 56.8 Å². The van der Waals surface area contributed by atoms with Crippen LogP contribution in [0.3, 0.4) is 0 Å². The summed E-state index contributed by atoms with van der Waals surface area (Å²) >= 11 is 0. The Kier molecular flexibility index (Phi) is 5.21. The molecular weight excluding hydrogens is 281 g/mol. The van der Waals surface area contributed by atoms with Gasteiger partial charge < -0.3 is 4.74 Å². The highest BCUT2D eigenvalue weighted by Gasteiger charge is 2.32. The van der Waals surface area contributed by atoms with Crippen LogP contribution < -0.4 is 4.74 Å². The molecular formula is C15H15F3N2O. The van der Waals surface area contributed by atoms with Gasteiger partial charge in [0.05, 0.1) is 12.1 Å². The third-order valence-corrected chi connectivity index (χ3v) is 2.85. The summed E-state index contributed by atoms with van der Waals surface area (Å²) in [5.74, 6) is -0.160. The van der Waals surface area contributed by atoms with Gasteiger partial charge in [0.1, 0.15) is 11.2 Å². The van der Waals surface area contributed by atoms with Crippen LogP contribution in [0, 0.1) is 34.0 Å². The largest absolute Gasteiger partial charge is 0.573 e. The van der Waals surface area contributed by atoms with E-state index in [9.17, 15) is 23.7 Å². The molecule has 0 bridgehead atoms. The van der Waals surface area contributed by atoms with Crippen molar-refractivity contribution in [3.8, 4) is 17.9 Å². The number of nitriles is 2. The molecule has 1 aromatic carbocycles. The lowest BCUT2D eigenvalue weighted by molar-refractivity contribution is -0.274. The molecule has 0 spiro atoms. The van der Waals surface area contributed by atoms with Gasteiger partial charge in [0.15, 0.2) is 0 Å². The molecule has 0 N–H and O–H groups in total. The predicted molar refractivity (Wildman–Crippen MR) is 69.9 cm³/mol. The number of hydrogen-bond donors (Lipinski definition) is 0.